The van der Waals surface area contributed by atoms with E-state index in [9.17, 15) is 24.6 Å². The predicted octanol–water partition coefficient (Wildman–Crippen LogP) is 2.84. The molecule has 0 atom stereocenters. The Labute approximate surface area is 194 Å². The van der Waals surface area contributed by atoms with Crippen molar-refractivity contribution < 1.29 is 29.3 Å². The van der Waals surface area contributed by atoms with Gasteiger partial charge in [-0.1, -0.05) is 12.1 Å². The number of anilines is 2. The van der Waals surface area contributed by atoms with Crippen molar-refractivity contribution in [2.24, 2.45) is 5.10 Å². The van der Waals surface area contributed by atoms with Crippen LogP contribution in [0.5, 0.6) is 17.2 Å². The lowest BCUT2D eigenvalue weighted by molar-refractivity contribution is -0.136. The summed E-state index contributed by atoms with van der Waals surface area (Å²) < 4.78 is 5.37. The van der Waals surface area contributed by atoms with E-state index < -0.39 is 17.7 Å². The summed E-state index contributed by atoms with van der Waals surface area (Å²) in [7, 11) is 0. The third kappa shape index (κ3) is 6.33. The average molecular weight is 462 g/mol. The number of carbonyl (C=O) groups is 3. The van der Waals surface area contributed by atoms with Gasteiger partial charge in [-0.25, -0.2) is 5.43 Å². The maximum atomic E-state index is 12.7. The maximum Gasteiger partial charge on any atom is 0.329 e. The first-order valence-corrected chi connectivity index (χ1v) is 10.2. The summed E-state index contributed by atoms with van der Waals surface area (Å²) in [6.45, 7) is 2.39. The van der Waals surface area contributed by atoms with Crippen LogP contribution in [0.3, 0.4) is 0 Å². The molecule has 0 fully saturated rings. The van der Waals surface area contributed by atoms with E-state index in [0.717, 1.165) is 12.3 Å². The third-order valence-corrected chi connectivity index (χ3v) is 4.43. The van der Waals surface area contributed by atoms with Gasteiger partial charge in [-0.15, -0.1) is 0 Å². The highest BCUT2D eigenvalue weighted by atomic mass is 16.5. The SMILES string of the molecule is CCOc1ccc(NC(=O)c2ccccc2NC(=O)C(=O)N/N=C\c2ccc(O)cc2O)cc1. The van der Waals surface area contributed by atoms with Gasteiger partial charge in [0.05, 0.1) is 24.1 Å². The number of amides is 3. The van der Waals surface area contributed by atoms with E-state index in [-0.39, 0.29) is 28.3 Å². The monoisotopic (exact) mass is 462 g/mol. The van der Waals surface area contributed by atoms with Crippen molar-refractivity contribution in [3.05, 3.63) is 77.9 Å². The van der Waals surface area contributed by atoms with Crippen LogP contribution in [-0.2, 0) is 9.59 Å². The second-order valence-electron chi connectivity index (χ2n) is 6.85. The summed E-state index contributed by atoms with van der Waals surface area (Å²) in [5, 5.41) is 27.7. The first-order valence-electron chi connectivity index (χ1n) is 10.2. The molecule has 0 aromatic heterocycles. The number of nitrogens with one attached hydrogen (secondary N) is 3. The number of aromatic hydroxyl groups is 2. The van der Waals surface area contributed by atoms with Crippen molar-refractivity contribution in [1.29, 1.82) is 0 Å². The van der Waals surface area contributed by atoms with Gasteiger partial charge in [0.15, 0.2) is 0 Å². The largest absolute Gasteiger partial charge is 0.508 e. The Morgan fingerprint density at radius 2 is 1.68 bits per heavy atom. The van der Waals surface area contributed by atoms with Crippen molar-refractivity contribution >= 4 is 35.3 Å². The van der Waals surface area contributed by atoms with Gasteiger partial charge in [-0.2, -0.15) is 5.10 Å². The van der Waals surface area contributed by atoms with E-state index in [1.807, 2.05) is 12.3 Å². The Kier molecular flexibility index (Phi) is 7.79. The standard InChI is InChI=1S/C24H22N4O6/c1-2-34-18-11-8-16(9-12-18)26-22(31)19-5-3-4-6-20(19)27-23(32)24(33)28-25-14-15-7-10-17(29)13-21(15)30/h3-14,29-30H,2H2,1H3,(H,26,31)(H,27,32)(H,28,33)/b25-14-. The summed E-state index contributed by atoms with van der Waals surface area (Å²) >= 11 is 0. The van der Waals surface area contributed by atoms with Gasteiger partial charge >= 0.3 is 11.8 Å². The Hall–Kier alpha value is -4.86. The molecule has 3 aromatic rings. The van der Waals surface area contributed by atoms with Crippen LogP contribution >= 0.6 is 0 Å². The summed E-state index contributed by atoms with van der Waals surface area (Å²) in [5.41, 5.74) is 3.05. The molecule has 0 aliphatic heterocycles. The topological polar surface area (TPSA) is 149 Å². The van der Waals surface area contributed by atoms with Crippen LogP contribution in [0.2, 0.25) is 0 Å². The summed E-state index contributed by atoms with van der Waals surface area (Å²) in [6, 6.07) is 16.8. The highest BCUT2D eigenvalue weighted by Crippen LogP contribution is 2.21. The first-order chi connectivity index (χ1) is 16.4. The fraction of sp³-hybridized carbons (Fsp3) is 0.0833. The summed E-state index contributed by atoms with van der Waals surface area (Å²) in [5.74, 6) is -2.34. The van der Waals surface area contributed by atoms with Crippen molar-refractivity contribution in [2.45, 2.75) is 6.92 Å². The molecule has 3 rings (SSSR count). The van der Waals surface area contributed by atoms with Crippen LogP contribution in [0.4, 0.5) is 11.4 Å². The van der Waals surface area contributed by atoms with E-state index in [1.54, 1.807) is 36.4 Å². The Morgan fingerprint density at radius 1 is 0.941 bits per heavy atom. The summed E-state index contributed by atoms with van der Waals surface area (Å²) in [4.78, 5) is 37.1. The number of nitrogens with zero attached hydrogens (tertiary/aromatic N) is 1. The van der Waals surface area contributed by atoms with Gasteiger partial charge < -0.3 is 25.6 Å². The van der Waals surface area contributed by atoms with Crippen LogP contribution < -0.4 is 20.8 Å². The second-order valence-corrected chi connectivity index (χ2v) is 6.85. The predicted molar refractivity (Wildman–Crippen MR) is 126 cm³/mol. The Balaban J connectivity index is 1.63. The van der Waals surface area contributed by atoms with E-state index in [0.29, 0.717) is 18.0 Å². The number of ether oxygens (including phenoxy) is 1. The van der Waals surface area contributed by atoms with Crippen LogP contribution in [0.1, 0.15) is 22.8 Å². The van der Waals surface area contributed by atoms with E-state index in [2.05, 4.69) is 15.7 Å². The number of rotatable bonds is 7. The van der Waals surface area contributed by atoms with Gasteiger partial charge in [-0.3, -0.25) is 14.4 Å². The molecule has 34 heavy (non-hydrogen) atoms. The molecule has 3 aromatic carbocycles. The van der Waals surface area contributed by atoms with Gasteiger partial charge in [0.1, 0.15) is 17.2 Å². The lowest BCUT2D eigenvalue weighted by atomic mass is 10.1. The first kappa shape index (κ1) is 23.8. The fourth-order valence-corrected chi connectivity index (χ4v) is 2.82. The molecule has 174 valence electrons. The molecule has 0 aliphatic carbocycles. The number of hydrogen-bond donors (Lipinski definition) is 5. The number of carbonyl (C=O) groups excluding carboxylic acids is 3. The van der Waals surface area contributed by atoms with Gasteiger partial charge in [0.25, 0.3) is 5.91 Å². The number of phenols is 2. The fourth-order valence-electron chi connectivity index (χ4n) is 2.82. The zero-order valence-corrected chi connectivity index (χ0v) is 18.1. The molecule has 5 N–H and O–H groups in total. The highest BCUT2D eigenvalue weighted by Gasteiger charge is 2.18. The maximum absolute atomic E-state index is 12.7. The number of benzene rings is 3. The van der Waals surface area contributed by atoms with Gasteiger partial charge in [0, 0.05) is 17.3 Å². The van der Waals surface area contributed by atoms with Gasteiger partial charge in [-0.05, 0) is 55.5 Å². The minimum Gasteiger partial charge on any atom is -0.508 e. The van der Waals surface area contributed by atoms with Crippen LogP contribution in [0, 0.1) is 0 Å². The van der Waals surface area contributed by atoms with E-state index in [4.69, 9.17) is 4.74 Å². The quantitative estimate of drug-likeness (QED) is 0.207. The smallest absolute Gasteiger partial charge is 0.329 e. The molecule has 0 bridgehead atoms. The molecule has 0 aliphatic rings. The molecule has 0 spiro atoms. The molecule has 10 heteroatoms. The molecule has 0 heterocycles. The minimum absolute atomic E-state index is 0.131. The molecule has 0 saturated heterocycles. The van der Waals surface area contributed by atoms with Crippen molar-refractivity contribution in [2.75, 3.05) is 17.2 Å². The van der Waals surface area contributed by atoms with Crippen molar-refractivity contribution in [1.82, 2.24) is 5.43 Å². The molecule has 3 amide bonds. The zero-order valence-electron chi connectivity index (χ0n) is 18.1. The molecular weight excluding hydrogens is 440 g/mol. The second kappa shape index (κ2) is 11.1. The minimum atomic E-state index is -1.09. The lowest BCUT2D eigenvalue weighted by Crippen LogP contribution is -2.33. The summed E-state index contributed by atoms with van der Waals surface area (Å²) in [6.07, 6.45) is 1.11. The van der Waals surface area contributed by atoms with Crippen molar-refractivity contribution in [3.63, 3.8) is 0 Å². The van der Waals surface area contributed by atoms with E-state index >= 15 is 0 Å². The number of hydrogen-bond acceptors (Lipinski definition) is 7. The molecular formula is C24H22N4O6. The van der Waals surface area contributed by atoms with Crippen LogP contribution in [0.15, 0.2) is 71.8 Å². The number of para-hydroxylation sites is 1. The van der Waals surface area contributed by atoms with E-state index in [1.165, 1.54) is 24.3 Å². The van der Waals surface area contributed by atoms with Crippen molar-refractivity contribution in [3.8, 4) is 17.2 Å². The number of phenolic OH excluding ortho intramolecular Hbond substituents is 2. The Bertz CT molecular complexity index is 1220. The lowest BCUT2D eigenvalue weighted by Gasteiger charge is -2.11. The molecule has 10 nitrogen and oxygen atoms in total. The van der Waals surface area contributed by atoms with Gasteiger partial charge in [0.2, 0.25) is 0 Å². The normalized spacial score (nSPS) is 10.5. The third-order valence-electron chi connectivity index (χ3n) is 4.43. The zero-order chi connectivity index (χ0) is 24.5. The number of hydrazone groups is 1. The Morgan fingerprint density at radius 3 is 2.38 bits per heavy atom. The molecule has 0 radical (unpaired) electrons. The average Bonchev–Trinajstić information content (AvgIpc) is 2.82. The van der Waals surface area contributed by atoms with Crippen LogP contribution in [0.25, 0.3) is 0 Å². The highest BCUT2D eigenvalue weighted by molar-refractivity contribution is 6.40. The van der Waals surface area contributed by atoms with Crippen LogP contribution in [-0.4, -0.2) is 40.8 Å². The molecule has 0 unspecified atom stereocenters. The molecule has 0 saturated carbocycles.